The molecule has 6 nitrogen and oxygen atoms in total. The molecule has 0 saturated heterocycles. The van der Waals surface area contributed by atoms with Gasteiger partial charge in [-0.25, -0.2) is 4.98 Å². The van der Waals surface area contributed by atoms with Gasteiger partial charge in [0.1, 0.15) is 0 Å². The monoisotopic (exact) mass is 310 g/mol. The Hall–Kier alpha value is -2.89. The highest BCUT2D eigenvalue weighted by atomic mass is 16.4. The lowest BCUT2D eigenvalue weighted by Gasteiger charge is -2.00. The number of H-pyrrole nitrogens is 1. The van der Waals surface area contributed by atoms with Crippen LogP contribution in [0.1, 0.15) is 23.6 Å². The minimum atomic E-state index is -0.119. The van der Waals surface area contributed by atoms with E-state index >= 15 is 0 Å². The van der Waals surface area contributed by atoms with E-state index in [1.807, 2.05) is 38.1 Å². The zero-order valence-corrected chi connectivity index (χ0v) is 13.1. The fourth-order valence-corrected chi connectivity index (χ4v) is 2.18. The highest BCUT2D eigenvalue weighted by molar-refractivity contribution is 5.89. The van der Waals surface area contributed by atoms with Crippen molar-refractivity contribution < 1.29 is 9.21 Å². The SMILES string of the molecule is Cc1ccc(-c2cnc(CCC(=O)Nc3cc(C)[nH]n3)o2)cc1. The quantitative estimate of drug-likeness (QED) is 0.757. The Morgan fingerprint density at radius 1 is 1.26 bits per heavy atom. The van der Waals surface area contributed by atoms with Crippen LogP contribution in [0.4, 0.5) is 5.82 Å². The first-order chi connectivity index (χ1) is 11.1. The van der Waals surface area contributed by atoms with Crippen molar-refractivity contribution in [2.24, 2.45) is 0 Å². The molecule has 6 heteroatoms. The summed E-state index contributed by atoms with van der Waals surface area (Å²) in [6.45, 7) is 3.91. The number of nitrogens with one attached hydrogen (secondary N) is 2. The molecule has 0 aliphatic rings. The fourth-order valence-electron chi connectivity index (χ4n) is 2.18. The van der Waals surface area contributed by atoms with Gasteiger partial charge < -0.3 is 9.73 Å². The number of nitrogens with zero attached hydrogens (tertiary/aromatic N) is 2. The molecular weight excluding hydrogens is 292 g/mol. The Kier molecular flexibility index (Phi) is 4.23. The van der Waals surface area contributed by atoms with Crippen molar-refractivity contribution in [2.45, 2.75) is 26.7 Å². The van der Waals surface area contributed by atoms with Gasteiger partial charge in [-0.3, -0.25) is 9.89 Å². The van der Waals surface area contributed by atoms with Gasteiger partial charge in [-0.2, -0.15) is 5.10 Å². The first kappa shape index (κ1) is 15.0. The smallest absolute Gasteiger partial charge is 0.226 e. The molecule has 2 N–H and O–H groups in total. The van der Waals surface area contributed by atoms with E-state index < -0.39 is 0 Å². The predicted octanol–water partition coefficient (Wildman–Crippen LogP) is 3.25. The number of amides is 1. The second kappa shape index (κ2) is 6.48. The van der Waals surface area contributed by atoms with E-state index in [1.165, 1.54) is 5.56 Å². The molecule has 2 aromatic heterocycles. The van der Waals surface area contributed by atoms with Crippen LogP contribution in [0.15, 0.2) is 40.9 Å². The molecule has 0 spiro atoms. The van der Waals surface area contributed by atoms with Crippen molar-refractivity contribution in [3.05, 3.63) is 53.7 Å². The third-order valence-electron chi connectivity index (χ3n) is 3.43. The topological polar surface area (TPSA) is 83.8 Å². The largest absolute Gasteiger partial charge is 0.441 e. The molecule has 3 aromatic rings. The number of rotatable bonds is 5. The zero-order chi connectivity index (χ0) is 16.2. The molecule has 0 aliphatic heterocycles. The van der Waals surface area contributed by atoms with Crippen LogP contribution in [0.25, 0.3) is 11.3 Å². The summed E-state index contributed by atoms with van der Waals surface area (Å²) in [4.78, 5) is 16.1. The number of aryl methyl sites for hydroxylation is 3. The average Bonchev–Trinajstić information content (AvgIpc) is 3.15. The maximum Gasteiger partial charge on any atom is 0.226 e. The van der Waals surface area contributed by atoms with Crippen LogP contribution in [0.2, 0.25) is 0 Å². The molecule has 118 valence electrons. The summed E-state index contributed by atoms with van der Waals surface area (Å²) in [6, 6.07) is 9.81. The fraction of sp³-hybridized carbons (Fsp3) is 0.235. The summed E-state index contributed by atoms with van der Waals surface area (Å²) in [6.07, 6.45) is 2.43. The molecule has 23 heavy (non-hydrogen) atoms. The Bertz CT molecular complexity index is 802. The molecule has 0 aliphatic carbocycles. The van der Waals surface area contributed by atoms with E-state index in [9.17, 15) is 4.79 Å². The summed E-state index contributed by atoms with van der Waals surface area (Å²) >= 11 is 0. The van der Waals surface area contributed by atoms with Crippen LogP contribution in [0, 0.1) is 13.8 Å². The number of benzene rings is 1. The lowest BCUT2D eigenvalue weighted by atomic mass is 10.1. The summed E-state index contributed by atoms with van der Waals surface area (Å²) in [5.41, 5.74) is 3.07. The van der Waals surface area contributed by atoms with Crippen molar-refractivity contribution in [2.75, 3.05) is 5.32 Å². The Morgan fingerprint density at radius 3 is 2.74 bits per heavy atom. The molecule has 0 radical (unpaired) electrons. The number of aromatic amines is 1. The normalized spacial score (nSPS) is 10.7. The molecule has 0 fully saturated rings. The van der Waals surface area contributed by atoms with Gasteiger partial charge in [0, 0.05) is 30.2 Å². The number of hydrogen-bond donors (Lipinski definition) is 2. The number of aromatic nitrogens is 3. The van der Waals surface area contributed by atoms with Gasteiger partial charge in [-0.15, -0.1) is 0 Å². The van der Waals surface area contributed by atoms with Gasteiger partial charge in [0.25, 0.3) is 0 Å². The van der Waals surface area contributed by atoms with E-state index in [1.54, 1.807) is 12.3 Å². The number of oxazole rings is 1. The van der Waals surface area contributed by atoms with E-state index in [-0.39, 0.29) is 5.91 Å². The van der Waals surface area contributed by atoms with Crippen LogP contribution in [0.3, 0.4) is 0 Å². The van der Waals surface area contributed by atoms with Crippen molar-refractivity contribution in [1.82, 2.24) is 15.2 Å². The maximum absolute atomic E-state index is 11.9. The van der Waals surface area contributed by atoms with E-state index in [4.69, 9.17) is 4.42 Å². The minimum absolute atomic E-state index is 0.119. The van der Waals surface area contributed by atoms with Crippen molar-refractivity contribution in [1.29, 1.82) is 0 Å². The van der Waals surface area contributed by atoms with Gasteiger partial charge in [-0.1, -0.05) is 29.8 Å². The predicted molar refractivity (Wildman–Crippen MR) is 87.0 cm³/mol. The van der Waals surface area contributed by atoms with Crippen LogP contribution < -0.4 is 5.32 Å². The molecule has 0 atom stereocenters. The number of carbonyl (C=O) groups excluding carboxylic acids is 1. The van der Waals surface area contributed by atoms with Crippen molar-refractivity contribution >= 4 is 11.7 Å². The molecule has 2 heterocycles. The second-order valence-corrected chi connectivity index (χ2v) is 5.47. The lowest BCUT2D eigenvalue weighted by Crippen LogP contribution is -2.12. The highest BCUT2D eigenvalue weighted by Crippen LogP contribution is 2.21. The summed E-state index contributed by atoms with van der Waals surface area (Å²) in [5, 5.41) is 9.47. The van der Waals surface area contributed by atoms with Crippen LogP contribution in [-0.2, 0) is 11.2 Å². The number of carbonyl (C=O) groups is 1. The third kappa shape index (κ3) is 3.85. The van der Waals surface area contributed by atoms with E-state index in [2.05, 4.69) is 20.5 Å². The van der Waals surface area contributed by atoms with Gasteiger partial charge >= 0.3 is 0 Å². The summed E-state index contributed by atoms with van der Waals surface area (Å²) in [5.74, 6) is 1.67. The summed E-state index contributed by atoms with van der Waals surface area (Å²) in [7, 11) is 0. The third-order valence-corrected chi connectivity index (χ3v) is 3.43. The number of hydrogen-bond acceptors (Lipinski definition) is 4. The van der Waals surface area contributed by atoms with Crippen LogP contribution >= 0.6 is 0 Å². The Balaban J connectivity index is 1.56. The minimum Gasteiger partial charge on any atom is -0.441 e. The van der Waals surface area contributed by atoms with E-state index in [0.29, 0.717) is 30.3 Å². The molecule has 0 unspecified atom stereocenters. The Morgan fingerprint density at radius 2 is 2.04 bits per heavy atom. The number of anilines is 1. The molecule has 0 saturated carbocycles. The second-order valence-electron chi connectivity index (χ2n) is 5.47. The average molecular weight is 310 g/mol. The molecule has 3 rings (SSSR count). The van der Waals surface area contributed by atoms with Gasteiger partial charge in [0.15, 0.2) is 17.5 Å². The molecule has 1 amide bonds. The van der Waals surface area contributed by atoms with E-state index in [0.717, 1.165) is 11.3 Å². The zero-order valence-electron chi connectivity index (χ0n) is 13.1. The first-order valence-corrected chi connectivity index (χ1v) is 7.44. The van der Waals surface area contributed by atoms with Gasteiger partial charge in [0.05, 0.1) is 6.20 Å². The van der Waals surface area contributed by atoms with Crippen molar-refractivity contribution in [3.63, 3.8) is 0 Å². The van der Waals surface area contributed by atoms with Crippen LogP contribution in [0.5, 0.6) is 0 Å². The van der Waals surface area contributed by atoms with Crippen LogP contribution in [-0.4, -0.2) is 21.1 Å². The van der Waals surface area contributed by atoms with Gasteiger partial charge in [-0.05, 0) is 13.8 Å². The summed E-state index contributed by atoms with van der Waals surface area (Å²) < 4.78 is 5.70. The maximum atomic E-state index is 11.9. The molecule has 1 aromatic carbocycles. The van der Waals surface area contributed by atoms with Crippen molar-refractivity contribution in [3.8, 4) is 11.3 Å². The van der Waals surface area contributed by atoms with Gasteiger partial charge in [0.2, 0.25) is 5.91 Å². The highest BCUT2D eigenvalue weighted by Gasteiger charge is 2.10. The standard InChI is InChI=1S/C17H18N4O2/c1-11-3-5-13(6-4-11)14-10-18-17(23-14)8-7-16(22)19-15-9-12(2)20-21-15/h3-6,9-10H,7-8H2,1-2H3,(H2,19,20,21,22). The lowest BCUT2D eigenvalue weighted by molar-refractivity contribution is -0.116. The molecular formula is C17H18N4O2. The Labute approximate surface area is 133 Å². The first-order valence-electron chi connectivity index (χ1n) is 7.44. The molecule has 0 bridgehead atoms.